The van der Waals surface area contributed by atoms with Gasteiger partial charge < -0.3 is 16.0 Å². The number of benzene rings is 6. The second-order valence-corrected chi connectivity index (χ2v) is 26.8. The molecule has 0 aliphatic heterocycles. The Bertz CT molecular complexity index is 5800. The van der Waals surface area contributed by atoms with Crippen molar-refractivity contribution < 1.29 is 0 Å². The summed E-state index contributed by atoms with van der Waals surface area (Å²) in [5.41, 5.74) is 8.51. The average molecular weight is 1400 g/mol. The summed E-state index contributed by atoms with van der Waals surface area (Å²) in [5, 5.41) is 23.3. The Morgan fingerprint density at radius 3 is 1.03 bits per heavy atom. The van der Waals surface area contributed by atoms with Crippen molar-refractivity contribution in [1.29, 1.82) is 0 Å². The highest BCUT2D eigenvalue weighted by atomic mass is 32.1. The molecule has 0 fully saturated rings. The first-order valence-corrected chi connectivity index (χ1v) is 34.6. The number of hydrogen-bond acceptors (Lipinski definition) is 17. The molecular formula is C80H65N19O3S2. The highest BCUT2D eigenvalue weighted by molar-refractivity contribution is 7.15. The molecule has 4 N–H and O–H groups in total. The van der Waals surface area contributed by atoms with Crippen molar-refractivity contribution in [3.05, 3.63) is 317 Å². The molecule has 3 atom stereocenters. The lowest BCUT2D eigenvalue weighted by atomic mass is 10.0. The van der Waals surface area contributed by atoms with E-state index in [0.717, 1.165) is 92.5 Å². The fourth-order valence-corrected chi connectivity index (χ4v) is 14.1. The molecule has 9 aromatic heterocycles. The Morgan fingerprint density at radius 2 is 0.731 bits per heavy atom. The monoisotopic (exact) mass is 1400 g/mol. The molecule has 0 amide bonds. The van der Waals surface area contributed by atoms with Gasteiger partial charge in [-0.05, 0) is 132 Å². The van der Waals surface area contributed by atoms with Crippen molar-refractivity contribution in [1.82, 2.24) is 63.8 Å². The van der Waals surface area contributed by atoms with E-state index in [1.54, 1.807) is 63.3 Å². The third kappa shape index (κ3) is 14.2. The van der Waals surface area contributed by atoms with Gasteiger partial charge in [-0.3, -0.25) is 48.1 Å². The van der Waals surface area contributed by atoms with Crippen molar-refractivity contribution in [2.45, 2.75) is 73.5 Å². The number of hydrogen-bond donors (Lipinski definition) is 4. The lowest BCUT2D eigenvalue weighted by molar-refractivity contribution is 0.772. The number of H-pyrrole nitrogens is 1. The van der Waals surface area contributed by atoms with Gasteiger partial charge in [0.05, 0.1) is 79.5 Å². The van der Waals surface area contributed by atoms with Gasteiger partial charge in [0.15, 0.2) is 0 Å². The van der Waals surface area contributed by atoms with Gasteiger partial charge in [-0.2, -0.15) is 5.10 Å². The van der Waals surface area contributed by atoms with E-state index in [9.17, 15) is 14.4 Å². The van der Waals surface area contributed by atoms with E-state index < -0.39 is 0 Å². The maximum Gasteiger partial charge on any atom is 0.263 e. The molecule has 6 aromatic carbocycles. The lowest BCUT2D eigenvalue weighted by Crippen LogP contribution is -2.26. The molecule has 104 heavy (non-hydrogen) atoms. The Morgan fingerprint density at radius 1 is 0.404 bits per heavy atom. The lowest BCUT2D eigenvalue weighted by Gasteiger charge is -2.22. The standard InChI is InChI=1S/2C27H22N6OS.C26H21N7O/c2*1-16(31-26-22(28-4)14-29-17(2)32-26)23-13-19-9-8-12-21(24-15-30-18(3)35-24)25(19)27(34)33(23)20-10-6-5-7-11-20;1-16(30-25-22(27-3)15-28-17(2)31-25)23-14-18-8-7-11-20(21-12-13-29-32-21)24(18)26(34)33(23)19-9-5-4-6-10-19/h2*5-16H,1-3H3,(H,29,31,32);4-16H,1-2H3,(H,29,32)(H,28,30,31)/t3*16-/m000/s1. The van der Waals surface area contributed by atoms with Crippen LogP contribution in [0.1, 0.15) is 83.5 Å². The number of rotatable bonds is 15. The number of aromatic nitrogens is 13. The van der Waals surface area contributed by atoms with E-state index in [2.05, 4.69) is 80.6 Å². The Balaban J connectivity index is 0.000000139. The van der Waals surface area contributed by atoms with Gasteiger partial charge in [0.1, 0.15) is 34.9 Å². The second kappa shape index (κ2) is 30.2. The van der Waals surface area contributed by atoms with E-state index in [-0.39, 0.29) is 34.8 Å². The normalized spacial score (nSPS) is 11.8. The number of aryl methyl sites for hydroxylation is 5. The summed E-state index contributed by atoms with van der Waals surface area (Å²) in [5.74, 6) is 3.02. The van der Waals surface area contributed by atoms with E-state index >= 15 is 0 Å². The smallest absolute Gasteiger partial charge is 0.263 e. The van der Waals surface area contributed by atoms with Crippen LogP contribution in [0.4, 0.5) is 34.5 Å². The van der Waals surface area contributed by atoms with Crippen LogP contribution >= 0.6 is 22.7 Å². The fraction of sp³-hybridized carbons (Fsp3) is 0.138. The first-order valence-electron chi connectivity index (χ1n) is 33.0. The molecule has 15 aromatic rings. The van der Waals surface area contributed by atoms with E-state index in [1.807, 2.05) is 217 Å². The van der Waals surface area contributed by atoms with Crippen LogP contribution < -0.4 is 32.6 Å². The summed E-state index contributed by atoms with van der Waals surface area (Å²) in [4.78, 5) is 89.2. The summed E-state index contributed by atoms with van der Waals surface area (Å²) in [7, 11) is 0. The maximum atomic E-state index is 14.1. The van der Waals surface area contributed by atoms with Gasteiger partial charge in [-0.25, -0.2) is 39.5 Å². The molecule has 0 radical (unpaired) electrons. The first kappa shape index (κ1) is 69.0. The largest absolute Gasteiger partial charge is 0.371 e. The van der Waals surface area contributed by atoms with Crippen molar-refractivity contribution in [3.8, 4) is 49.2 Å². The zero-order valence-corrected chi connectivity index (χ0v) is 59.2. The Hall–Kier alpha value is -13.5. The van der Waals surface area contributed by atoms with Crippen LogP contribution in [0.2, 0.25) is 0 Å². The molecule has 0 unspecified atom stereocenters. The molecule has 9 heterocycles. The first-order chi connectivity index (χ1) is 50.5. The summed E-state index contributed by atoms with van der Waals surface area (Å²) in [6.45, 7) is 37.5. The van der Waals surface area contributed by atoms with Crippen LogP contribution in [-0.4, -0.2) is 63.8 Å². The maximum absolute atomic E-state index is 14.1. The van der Waals surface area contributed by atoms with Crippen LogP contribution in [0, 0.1) is 54.3 Å². The number of aromatic amines is 1. The number of nitrogens with zero attached hydrogens (tertiary/aromatic N) is 15. The van der Waals surface area contributed by atoms with Crippen molar-refractivity contribution >= 4 is 89.5 Å². The molecule has 0 spiro atoms. The van der Waals surface area contributed by atoms with Crippen LogP contribution in [0.25, 0.3) is 96.1 Å². The van der Waals surface area contributed by atoms with Crippen LogP contribution in [0.5, 0.6) is 0 Å². The van der Waals surface area contributed by atoms with Gasteiger partial charge in [-0.15, -0.1) is 22.7 Å². The number of anilines is 3. The average Bonchev–Trinajstić information content (AvgIpc) is 1.16. The highest BCUT2D eigenvalue weighted by Gasteiger charge is 2.25. The third-order valence-electron chi connectivity index (χ3n) is 17.3. The summed E-state index contributed by atoms with van der Waals surface area (Å²) in [6, 6.07) is 53.2. The van der Waals surface area contributed by atoms with Crippen molar-refractivity contribution in [3.63, 3.8) is 0 Å². The number of thiazole rings is 2. The number of pyridine rings is 3. The van der Waals surface area contributed by atoms with Crippen LogP contribution in [0.3, 0.4) is 0 Å². The summed E-state index contributed by atoms with van der Waals surface area (Å²) in [6.07, 6.45) is 9.84. The molecule has 24 heteroatoms. The molecular weight excluding hydrogens is 1340 g/mol. The van der Waals surface area contributed by atoms with Crippen molar-refractivity contribution in [2.24, 2.45) is 0 Å². The zero-order valence-electron chi connectivity index (χ0n) is 57.6. The zero-order chi connectivity index (χ0) is 72.7. The second-order valence-electron chi connectivity index (χ2n) is 24.3. The highest BCUT2D eigenvalue weighted by Crippen LogP contribution is 2.38. The van der Waals surface area contributed by atoms with E-state index in [0.29, 0.717) is 68.1 Å². The Kier molecular flexibility index (Phi) is 20.0. The Labute approximate surface area is 605 Å². The minimum absolute atomic E-state index is 0.108. The molecule has 0 saturated heterocycles. The van der Waals surface area contributed by atoms with E-state index in [1.165, 1.54) is 18.6 Å². The van der Waals surface area contributed by atoms with Gasteiger partial charge in [-0.1, -0.05) is 109 Å². The molecule has 510 valence electrons. The van der Waals surface area contributed by atoms with Crippen LogP contribution in [0.15, 0.2) is 221 Å². The number of para-hydroxylation sites is 3. The summed E-state index contributed by atoms with van der Waals surface area (Å²) >= 11 is 3.14. The summed E-state index contributed by atoms with van der Waals surface area (Å²) < 4.78 is 5.19. The fourth-order valence-electron chi connectivity index (χ4n) is 12.4. The topological polar surface area (TPSA) is 247 Å². The predicted molar refractivity (Wildman–Crippen MR) is 413 cm³/mol. The third-order valence-corrected chi connectivity index (χ3v) is 19.1. The van der Waals surface area contributed by atoms with Crippen LogP contribution in [-0.2, 0) is 0 Å². The van der Waals surface area contributed by atoms with Gasteiger partial charge in [0.2, 0.25) is 17.1 Å². The molecule has 15 rings (SSSR count). The number of nitrogens with one attached hydrogen (secondary N) is 4. The van der Waals surface area contributed by atoms with Gasteiger partial charge >= 0.3 is 0 Å². The van der Waals surface area contributed by atoms with Crippen molar-refractivity contribution in [2.75, 3.05) is 16.0 Å². The molecule has 0 aliphatic rings. The minimum atomic E-state index is -0.331. The molecule has 0 aliphatic carbocycles. The minimum Gasteiger partial charge on any atom is -0.371 e. The van der Waals surface area contributed by atoms with Gasteiger partial charge in [0.25, 0.3) is 16.7 Å². The molecule has 22 nitrogen and oxygen atoms in total. The predicted octanol–water partition coefficient (Wildman–Crippen LogP) is 17.7. The quantitative estimate of drug-likeness (QED) is 0.0697. The molecule has 0 bridgehead atoms. The SMILES string of the molecule is [C-]#[N+]c1cnc(C)nc1N[C@@H](C)c1cc2cccc(-c3ccn[nH]3)c2c(=O)n1-c1ccccc1.[C-]#[N+]c1cnc(C)nc1N[C@@H](C)c1cc2cccc(-c3cnc(C)s3)c2c(=O)n1-c1ccccc1.[C-]#[N+]c1cnc(C)nc1N[C@@H](C)c1cc2cccc(-c3cnc(C)s3)c2c(=O)n1-c1ccccc1. The molecule has 0 saturated carbocycles. The van der Waals surface area contributed by atoms with Gasteiger partial charge in [0, 0.05) is 88.0 Å². The van der Waals surface area contributed by atoms with E-state index in [4.69, 9.17) is 19.7 Å². The number of fused-ring (bicyclic) bond motifs is 3.